The first-order valence-corrected chi connectivity index (χ1v) is 10.8. The summed E-state index contributed by atoms with van der Waals surface area (Å²) in [6.07, 6.45) is 0.590. The minimum Gasteiger partial charge on any atom is -0.357 e. The normalized spacial score (nSPS) is 18.7. The van der Waals surface area contributed by atoms with Crippen molar-refractivity contribution in [2.75, 3.05) is 31.1 Å². The van der Waals surface area contributed by atoms with E-state index in [1.54, 1.807) is 12.1 Å². The predicted molar refractivity (Wildman–Crippen MR) is 118 cm³/mol. The van der Waals surface area contributed by atoms with Crippen LogP contribution in [0, 0.1) is 0 Å². The van der Waals surface area contributed by atoms with Crippen LogP contribution in [0.2, 0.25) is 0 Å². The Labute approximate surface area is 179 Å². The van der Waals surface area contributed by atoms with E-state index in [4.69, 9.17) is 0 Å². The number of benzene rings is 1. The maximum atomic E-state index is 12.0. The molecule has 0 radical (unpaired) electrons. The van der Waals surface area contributed by atoms with Crippen molar-refractivity contribution in [2.45, 2.75) is 19.4 Å². The number of aliphatic imine (C=N–C) groups is 1. The number of halogens is 2. The first-order valence-electron chi connectivity index (χ1n) is 8.18. The van der Waals surface area contributed by atoms with Gasteiger partial charge in [0.05, 0.1) is 18.1 Å². The average molecular weight is 559 g/mol. The molecule has 1 atom stereocenters. The highest BCUT2D eigenvalue weighted by atomic mass is 127. The van der Waals surface area contributed by atoms with Gasteiger partial charge in [0.2, 0.25) is 0 Å². The van der Waals surface area contributed by atoms with Gasteiger partial charge in [0.25, 0.3) is 5.91 Å². The lowest BCUT2D eigenvalue weighted by Crippen LogP contribution is -2.44. The Bertz CT molecular complexity index is 726. The first-order chi connectivity index (χ1) is 11.9. The van der Waals surface area contributed by atoms with E-state index in [1.165, 1.54) is 0 Å². The summed E-state index contributed by atoms with van der Waals surface area (Å²) in [6.45, 7) is 3.42. The molecule has 1 unspecified atom stereocenters. The maximum Gasteiger partial charge on any atom is 0.251 e. The third-order valence-corrected chi connectivity index (χ3v) is 5.99. The van der Waals surface area contributed by atoms with Gasteiger partial charge in [-0.3, -0.25) is 9.79 Å². The molecule has 1 aliphatic heterocycles. The summed E-state index contributed by atoms with van der Waals surface area (Å²) in [5.74, 6) is 0.774. The second kappa shape index (κ2) is 11.1. The van der Waals surface area contributed by atoms with Crippen LogP contribution in [-0.2, 0) is 9.84 Å². The van der Waals surface area contributed by atoms with E-state index in [0.29, 0.717) is 37.6 Å². The van der Waals surface area contributed by atoms with Crippen LogP contribution in [0.15, 0.2) is 33.7 Å². The number of amides is 1. The zero-order chi connectivity index (χ0) is 18.3. The van der Waals surface area contributed by atoms with Crippen molar-refractivity contribution >= 4 is 61.6 Å². The standard InChI is InChI=1S/C16H23BrN4O3S.HI/c1-2-18-16(21-14-7-10-25(23,24)11-14)20-9-8-19-15(22)12-3-5-13(17)6-4-12;/h3-6,14H,2,7-11H2,1H3,(H,19,22)(H2,18,20,21);1H. The second-order valence-corrected chi connectivity index (χ2v) is 8.91. The van der Waals surface area contributed by atoms with Crippen LogP contribution >= 0.6 is 39.9 Å². The molecule has 1 heterocycles. The highest BCUT2D eigenvalue weighted by molar-refractivity contribution is 14.0. The Hall–Kier alpha value is -0.880. The highest BCUT2D eigenvalue weighted by Crippen LogP contribution is 2.11. The molecule has 1 amide bonds. The fraction of sp³-hybridized carbons (Fsp3) is 0.500. The van der Waals surface area contributed by atoms with Crippen LogP contribution in [0.25, 0.3) is 0 Å². The lowest BCUT2D eigenvalue weighted by atomic mass is 10.2. The predicted octanol–water partition coefficient (Wildman–Crippen LogP) is 1.54. The number of hydrogen-bond donors (Lipinski definition) is 3. The number of nitrogens with one attached hydrogen (secondary N) is 3. The van der Waals surface area contributed by atoms with Crippen LogP contribution in [-0.4, -0.2) is 57.5 Å². The van der Waals surface area contributed by atoms with Crippen molar-refractivity contribution in [1.82, 2.24) is 16.0 Å². The fourth-order valence-electron chi connectivity index (χ4n) is 2.46. The number of rotatable bonds is 6. The van der Waals surface area contributed by atoms with Crippen LogP contribution in [0.5, 0.6) is 0 Å². The Balaban J connectivity index is 0.00000338. The molecule has 0 spiro atoms. The minimum absolute atomic E-state index is 0. The largest absolute Gasteiger partial charge is 0.357 e. The molecule has 0 bridgehead atoms. The summed E-state index contributed by atoms with van der Waals surface area (Å²) in [7, 11) is -2.93. The smallest absolute Gasteiger partial charge is 0.251 e. The van der Waals surface area contributed by atoms with Crippen molar-refractivity contribution < 1.29 is 13.2 Å². The number of carbonyl (C=O) groups excluding carboxylic acids is 1. The molecule has 10 heteroatoms. The van der Waals surface area contributed by atoms with Gasteiger partial charge in [0, 0.05) is 29.2 Å². The number of sulfone groups is 1. The Kier molecular flexibility index (Phi) is 9.86. The van der Waals surface area contributed by atoms with Crippen molar-refractivity contribution in [3.8, 4) is 0 Å². The molecule has 1 aliphatic rings. The molecule has 1 aromatic rings. The summed E-state index contributed by atoms with van der Waals surface area (Å²) < 4.78 is 24.0. The van der Waals surface area contributed by atoms with Crippen LogP contribution in [0.4, 0.5) is 0 Å². The number of guanidine groups is 1. The third-order valence-electron chi connectivity index (χ3n) is 3.69. The monoisotopic (exact) mass is 558 g/mol. The summed E-state index contributed by atoms with van der Waals surface area (Å²) in [5, 5.41) is 9.04. The molecule has 7 nitrogen and oxygen atoms in total. The molecular weight excluding hydrogens is 535 g/mol. The zero-order valence-electron chi connectivity index (χ0n) is 14.5. The first kappa shape index (κ1) is 23.2. The molecule has 3 N–H and O–H groups in total. The van der Waals surface area contributed by atoms with Gasteiger partial charge in [-0.25, -0.2) is 8.42 Å². The summed E-state index contributed by atoms with van der Waals surface area (Å²) in [4.78, 5) is 16.4. The van der Waals surface area contributed by atoms with Gasteiger partial charge in [0.1, 0.15) is 0 Å². The Morgan fingerprint density at radius 3 is 2.54 bits per heavy atom. The molecule has 0 aromatic heterocycles. The summed E-state index contributed by atoms with van der Waals surface area (Å²) in [6, 6.07) is 7.01. The van der Waals surface area contributed by atoms with E-state index in [1.807, 2.05) is 19.1 Å². The highest BCUT2D eigenvalue weighted by Gasteiger charge is 2.28. The maximum absolute atomic E-state index is 12.0. The quantitative estimate of drug-likeness (QED) is 0.213. The topological polar surface area (TPSA) is 99.7 Å². The van der Waals surface area contributed by atoms with Gasteiger partial charge in [-0.2, -0.15) is 0 Å². The molecule has 26 heavy (non-hydrogen) atoms. The van der Waals surface area contributed by atoms with Crippen LogP contribution in [0.1, 0.15) is 23.7 Å². The van der Waals surface area contributed by atoms with E-state index >= 15 is 0 Å². The molecule has 2 rings (SSSR count). The molecular formula is C16H24BrIN4O3S. The fourth-order valence-corrected chi connectivity index (χ4v) is 4.40. The summed E-state index contributed by atoms with van der Waals surface area (Å²) >= 11 is 3.33. The van der Waals surface area contributed by atoms with Gasteiger partial charge < -0.3 is 16.0 Å². The average Bonchev–Trinajstić information content (AvgIpc) is 2.90. The van der Waals surface area contributed by atoms with Crippen LogP contribution in [0.3, 0.4) is 0 Å². The van der Waals surface area contributed by atoms with Crippen LogP contribution < -0.4 is 16.0 Å². The number of nitrogens with zero attached hydrogens (tertiary/aromatic N) is 1. The Morgan fingerprint density at radius 1 is 1.27 bits per heavy atom. The Morgan fingerprint density at radius 2 is 1.96 bits per heavy atom. The van der Waals surface area contributed by atoms with Crippen molar-refractivity contribution in [2.24, 2.45) is 4.99 Å². The van der Waals surface area contributed by atoms with Crippen molar-refractivity contribution in [3.05, 3.63) is 34.3 Å². The molecule has 0 saturated carbocycles. The molecule has 1 aromatic carbocycles. The van der Waals surface area contributed by atoms with E-state index in [9.17, 15) is 13.2 Å². The SMILES string of the molecule is CCNC(=NCCNC(=O)c1ccc(Br)cc1)NC1CCS(=O)(=O)C1.I. The zero-order valence-corrected chi connectivity index (χ0v) is 19.2. The van der Waals surface area contributed by atoms with E-state index in [0.717, 1.165) is 4.47 Å². The number of carbonyl (C=O) groups is 1. The lowest BCUT2D eigenvalue weighted by molar-refractivity contribution is 0.0954. The molecule has 1 fully saturated rings. The lowest BCUT2D eigenvalue weighted by Gasteiger charge is -2.15. The van der Waals surface area contributed by atoms with E-state index < -0.39 is 9.84 Å². The van der Waals surface area contributed by atoms with E-state index in [-0.39, 0.29) is 47.4 Å². The van der Waals surface area contributed by atoms with Gasteiger partial charge in [0.15, 0.2) is 15.8 Å². The third kappa shape index (κ3) is 7.78. The van der Waals surface area contributed by atoms with Gasteiger partial charge in [-0.05, 0) is 37.6 Å². The van der Waals surface area contributed by atoms with Gasteiger partial charge in [-0.1, -0.05) is 15.9 Å². The molecule has 0 aliphatic carbocycles. The van der Waals surface area contributed by atoms with E-state index in [2.05, 4.69) is 36.9 Å². The van der Waals surface area contributed by atoms with Crippen molar-refractivity contribution in [3.63, 3.8) is 0 Å². The molecule has 1 saturated heterocycles. The minimum atomic E-state index is -2.93. The van der Waals surface area contributed by atoms with Gasteiger partial charge >= 0.3 is 0 Å². The number of hydrogen-bond acceptors (Lipinski definition) is 4. The second-order valence-electron chi connectivity index (χ2n) is 5.77. The van der Waals surface area contributed by atoms with Gasteiger partial charge in [-0.15, -0.1) is 24.0 Å². The van der Waals surface area contributed by atoms with Crippen molar-refractivity contribution in [1.29, 1.82) is 0 Å². The molecule has 146 valence electrons. The summed E-state index contributed by atoms with van der Waals surface area (Å²) in [5.41, 5.74) is 0.591.